The third-order valence-corrected chi connectivity index (χ3v) is 6.21. The molecular formula is C21H32N4O. The number of nitrogens with one attached hydrogen (secondary N) is 1. The van der Waals surface area contributed by atoms with E-state index < -0.39 is 0 Å². The molecule has 0 radical (unpaired) electrons. The number of hydrogen-bond donors (Lipinski definition) is 1. The predicted octanol–water partition coefficient (Wildman–Crippen LogP) is 2.47. The van der Waals surface area contributed by atoms with Crippen molar-refractivity contribution in [2.45, 2.75) is 44.6 Å². The lowest BCUT2D eigenvalue weighted by Gasteiger charge is -2.43. The van der Waals surface area contributed by atoms with E-state index in [9.17, 15) is 4.79 Å². The number of carbonyl (C=O) groups is 1. The maximum atomic E-state index is 13.0. The van der Waals surface area contributed by atoms with E-state index >= 15 is 0 Å². The minimum atomic E-state index is 0.277. The molecule has 26 heavy (non-hydrogen) atoms. The highest BCUT2D eigenvalue weighted by molar-refractivity contribution is 5.98. The molecule has 2 aliphatic heterocycles. The Hall–Kier alpha value is -1.59. The Labute approximate surface area is 157 Å². The van der Waals surface area contributed by atoms with E-state index in [1.165, 1.54) is 37.8 Å². The van der Waals surface area contributed by atoms with Crippen molar-refractivity contribution in [1.82, 2.24) is 10.2 Å². The molecule has 0 unspecified atom stereocenters. The number of hydrogen-bond acceptors (Lipinski definition) is 4. The molecule has 1 saturated heterocycles. The maximum Gasteiger partial charge on any atom is 0.228 e. The van der Waals surface area contributed by atoms with Crippen molar-refractivity contribution in [2.24, 2.45) is 0 Å². The van der Waals surface area contributed by atoms with Crippen molar-refractivity contribution in [2.75, 3.05) is 55.6 Å². The molecular weight excluding hydrogens is 324 g/mol. The second-order valence-corrected chi connectivity index (χ2v) is 7.86. The van der Waals surface area contributed by atoms with Crippen LogP contribution in [0.3, 0.4) is 0 Å². The molecule has 0 aromatic heterocycles. The molecule has 0 atom stereocenters. The Kier molecular flexibility index (Phi) is 5.75. The summed E-state index contributed by atoms with van der Waals surface area (Å²) < 4.78 is 0. The van der Waals surface area contributed by atoms with Crippen molar-refractivity contribution < 1.29 is 4.79 Å². The van der Waals surface area contributed by atoms with Gasteiger partial charge in [0.2, 0.25) is 5.91 Å². The van der Waals surface area contributed by atoms with E-state index in [1.807, 2.05) is 4.90 Å². The largest absolute Gasteiger partial charge is 0.365 e. The number of amides is 1. The topological polar surface area (TPSA) is 38.8 Å². The van der Waals surface area contributed by atoms with Crippen molar-refractivity contribution in [3.8, 4) is 0 Å². The molecule has 5 heteroatoms. The number of carbonyl (C=O) groups excluding carboxylic acids is 1. The fourth-order valence-corrected chi connectivity index (χ4v) is 4.74. The number of nitrogens with zero attached hydrogens (tertiary/aromatic N) is 3. The maximum absolute atomic E-state index is 13.0. The predicted molar refractivity (Wildman–Crippen MR) is 107 cm³/mol. The highest BCUT2D eigenvalue weighted by atomic mass is 16.2. The fraction of sp³-hybridized carbons (Fsp3) is 0.667. The number of para-hydroxylation sites is 2. The first-order valence-electron chi connectivity index (χ1n) is 10.4. The van der Waals surface area contributed by atoms with Gasteiger partial charge in [0, 0.05) is 58.3 Å². The molecule has 5 nitrogen and oxygen atoms in total. The summed E-state index contributed by atoms with van der Waals surface area (Å²) in [6.45, 7) is 6.87. The summed E-state index contributed by atoms with van der Waals surface area (Å²) >= 11 is 0. The van der Waals surface area contributed by atoms with Gasteiger partial charge in [-0.2, -0.15) is 0 Å². The van der Waals surface area contributed by atoms with Crippen LogP contribution in [-0.2, 0) is 4.79 Å². The van der Waals surface area contributed by atoms with Gasteiger partial charge < -0.3 is 20.0 Å². The van der Waals surface area contributed by atoms with Gasteiger partial charge in [0.25, 0.3) is 0 Å². The normalized spacial score (nSPS) is 22.3. The quantitative estimate of drug-likeness (QED) is 0.900. The first-order valence-corrected chi connectivity index (χ1v) is 10.4. The number of anilines is 2. The summed E-state index contributed by atoms with van der Waals surface area (Å²) in [5.41, 5.74) is 2.39. The zero-order valence-corrected chi connectivity index (χ0v) is 15.8. The fourth-order valence-electron chi connectivity index (χ4n) is 4.74. The molecule has 1 aromatic rings. The average Bonchev–Trinajstić information content (AvgIpc) is 2.72. The number of fused-ring (bicyclic) bond motifs is 1. The van der Waals surface area contributed by atoms with E-state index in [2.05, 4.69) is 39.4 Å². The van der Waals surface area contributed by atoms with Gasteiger partial charge >= 0.3 is 0 Å². The molecule has 1 aromatic carbocycles. The van der Waals surface area contributed by atoms with Crippen molar-refractivity contribution >= 4 is 17.3 Å². The Morgan fingerprint density at radius 1 is 0.962 bits per heavy atom. The Bertz CT molecular complexity index is 608. The van der Waals surface area contributed by atoms with Crippen LogP contribution in [0.1, 0.15) is 38.5 Å². The van der Waals surface area contributed by atoms with Crippen LogP contribution in [0.25, 0.3) is 0 Å². The molecule has 2 heterocycles. The van der Waals surface area contributed by atoms with E-state index in [0.717, 1.165) is 51.5 Å². The van der Waals surface area contributed by atoms with Gasteiger partial charge in [-0.25, -0.2) is 0 Å². The lowest BCUT2D eigenvalue weighted by atomic mass is 9.93. The van der Waals surface area contributed by atoms with Gasteiger partial charge in [0.1, 0.15) is 0 Å². The zero-order chi connectivity index (χ0) is 17.8. The van der Waals surface area contributed by atoms with Gasteiger partial charge in [0.15, 0.2) is 0 Å². The lowest BCUT2D eigenvalue weighted by molar-refractivity contribution is -0.119. The molecule has 1 amide bonds. The van der Waals surface area contributed by atoms with Crippen molar-refractivity contribution in [1.29, 1.82) is 0 Å². The van der Waals surface area contributed by atoms with E-state index in [-0.39, 0.29) is 5.91 Å². The first kappa shape index (κ1) is 17.8. The van der Waals surface area contributed by atoms with Crippen LogP contribution in [0.4, 0.5) is 11.4 Å². The summed E-state index contributed by atoms with van der Waals surface area (Å²) in [5.74, 6) is 0.277. The van der Waals surface area contributed by atoms with E-state index in [0.29, 0.717) is 12.5 Å². The first-order chi connectivity index (χ1) is 12.8. The van der Waals surface area contributed by atoms with Crippen LogP contribution in [0, 0.1) is 0 Å². The highest BCUT2D eigenvalue weighted by Gasteiger charge is 2.31. The zero-order valence-electron chi connectivity index (χ0n) is 15.8. The summed E-state index contributed by atoms with van der Waals surface area (Å²) in [6.07, 6.45) is 7.28. The molecule has 3 aliphatic rings. The molecule has 142 valence electrons. The average molecular weight is 357 g/mol. The Balaban J connectivity index is 1.44. The van der Waals surface area contributed by atoms with Gasteiger partial charge in [-0.05, 0) is 25.0 Å². The van der Waals surface area contributed by atoms with Crippen LogP contribution in [-0.4, -0.2) is 62.7 Å². The Morgan fingerprint density at radius 3 is 2.46 bits per heavy atom. The molecule has 1 saturated carbocycles. The third-order valence-electron chi connectivity index (χ3n) is 6.21. The number of benzene rings is 1. The van der Waals surface area contributed by atoms with Crippen LogP contribution >= 0.6 is 0 Å². The van der Waals surface area contributed by atoms with Crippen LogP contribution in [0.15, 0.2) is 24.3 Å². The number of rotatable bonds is 4. The van der Waals surface area contributed by atoms with Crippen LogP contribution in [0.5, 0.6) is 0 Å². The van der Waals surface area contributed by atoms with Crippen LogP contribution in [0.2, 0.25) is 0 Å². The lowest BCUT2D eigenvalue weighted by Crippen LogP contribution is -2.49. The van der Waals surface area contributed by atoms with Gasteiger partial charge in [-0.1, -0.05) is 31.4 Å². The van der Waals surface area contributed by atoms with Gasteiger partial charge in [-0.3, -0.25) is 4.79 Å². The molecule has 0 spiro atoms. The second kappa shape index (κ2) is 8.40. The molecule has 4 rings (SSSR count). The Morgan fingerprint density at radius 2 is 1.69 bits per heavy atom. The van der Waals surface area contributed by atoms with Gasteiger partial charge in [-0.15, -0.1) is 0 Å². The smallest absolute Gasteiger partial charge is 0.228 e. The highest BCUT2D eigenvalue weighted by Crippen LogP contribution is 2.37. The molecule has 0 bridgehead atoms. The SMILES string of the molecule is O=C(CCN1CCNCC1)N1CCN(C2CCCCC2)c2ccccc21. The van der Waals surface area contributed by atoms with E-state index in [1.54, 1.807) is 0 Å². The minimum absolute atomic E-state index is 0.277. The van der Waals surface area contributed by atoms with Crippen LogP contribution < -0.4 is 15.1 Å². The monoisotopic (exact) mass is 356 g/mol. The molecule has 1 N–H and O–H groups in total. The van der Waals surface area contributed by atoms with E-state index in [4.69, 9.17) is 0 Å². The van der Waals surface area contributed by atoms with Gasteiger partial charge in [0.05, 0.1) is 11.4 Å². The van der Waals surface area contributed by atoms with Crippen molar-refractivity contribution in [3.63, 3.8) is 0 Å². The third kappa shape index (κ3) is 3.89. The number of piperazine rings is 1. The summed E-state index contributed by atoms with van der Waals surface area (Å²) in [5, 5.41) is 3.37. The molecule has 2 fully saturated rings. The minimum Gasteiger partial charge on any atom is -0.365 e. The summed E-state index contributed by atoms with van der Waals surface area (Å²) in [4.78, 5) is 20.0. The standard InChI is InChI=1S/C21H32N4O/c26-21(10-13-23-14-11-22-12-15-23)25-17-16-24(18-6-2-1-3-7-18)19-8-4-5-9-20(19)25/h4-5,8-9,18,22H,1-3,6-7,10-17H2. The second-order valence-electron chi connectivity index (χ2n) is 7.86. The molecule has 1 aliphatic carbocycles. The summed E-state index contributed by atoms with van der Waals surface area (Å²) in [7, 11) is 0. The summed E-state index contributed by atoms with van der Waals surface area (Å²) in [6, 6.07) is 9.18. The van der Waals surface area contributed by atoms with Crippen molar-refractivity contribution in [3.05, 3.63) is 24.3 Å².